The van der Waals surface area contributed by atoms with Gasteiger partial charge in [0.05, 0.1) is 15.1 Å². The van der Waals surface area contributed by atoms with Crippen LogP contribution >= 0.6 is 27.7 Å². The molecule has 3 rings (SSSR count). The van der Waals surface area contributed by atoms with E-state index in [1.165, 1.54) is 17.8 Å². The molecule has 2 aromatic rings. The number of benzene rings is 2. The third-order valence-electron chi connectivity index (χ3n) is 3.50. The number of halogens is 2. The van der Waals surface area contributed by atoms with Crippen molar-refractivity contribution in [2.45, 2.75) is 5.50 Å². The Morgan fingerprint density at radius 3 is 2.88 bits per heavy atom. The summed E-state index contributed by atoms with van der Waals surface area (Å²) < 4.78 is 20.0. The molecule has 26 heavy (non-hydrogen) atoms. The van der Waals surface area contributed by atoms with Gasteiger partial charge in [-0.05, 0) is 51.8 Å². The second-order valence-electron chi connectivity index (χ2n) is 5.39. The minimum absolute atomic E-state index is 0.202. The molecule has 0 aromatic heterocycles. The van der Waals surface area contributed by atoms with Crippen LogP contribution in [0.3, 0.4) is 0 Å². The van der Waals surface area contributed by atoms with Gasteiger partial charge in [0.1, 0.15) is 18.2 Å². The van der Waals surface area contributed by atoms with Gasteiger partial charge in [0.15, 0.2) is 5.50 Å². The Morgan fingerprint density at radius 2 is 2.15 bits per heavy atom. The van der Waals surface area contributed by atoms with Gasteiger partial charge in [-0.25, -0.2) is 4.39 Å². The number of carbonyl (C=O) groups excluding carboxylic acids is 1. The van der Waals surface area contributed by atoms with Crippen LogP contribution in [-0.4, -0.2) is 18.0 Å². The molecule has 1 atom stereocenters. The van der Waals surface area contributed by atoms with Crippen LogP contribution in [0.1, 0.15) is 5.56 Å². The number of thioether (sulfide) groups is 1. The topological polar surface area (TPSA) is 50.4 Å². The monoisotopic (exact) mass is 434 g/mol. The van der Waals surface area contributed by atoms with Crippen molar-refractivity contribution in [3.05, 3.63) is 75.9 Å². The molecule has 0 radical (unpaired) electrons. The maximum absolute atomic E-state index is 13.7. The average Bonchev–Trinajstić information content (AvgIpc) is 2.95. The summed E-state index contributed by atoms with van der Waals surface area (Å²) in [6.45, 7) is 4.03. The molecule has 1 aliphatic rings. The van der Waals surface area contributed by atoms with Crippen molar-refractivity contribution in [1.82, 2.24) is 5.32 Å². The SMILES string of the molecule is C=CCOc1ccc(/C=C2\SC(Nc3ccccc3F)NC2=O)cc1Br. The fourth-order valence-corrected chi connectivity index (χ4v) is 3.80. The van der Waals surface area contributed by atoms with Crippen LogP contribution in [0.15, 0.2) is 64.5 Å². The lowest BCUT2D eigenvalue weighted by Gasteiger charge is -2.13. The van der Waals surface area contributed by atoms with E-state index in [0.717, 1.165) is 10.0 Å². The molecule has 2 N–H and O–H groups in total. The van der Waals surface area contributed by atoms with E-state index in [1.807, 2.05) is 18.2 Å². The van der Waals surface area contributed by atoms with Crippen molar-refractivity contribution in [3.8, 4) is 5.75 Å². The summed E-state index contributed by atoms with van der Waals surface area (Å²) >= 11 is 4.76. The van der Waals surface area contributed by atoms with Crippen molar-refractivity contribution in [1.29, 1.82) is 0 Å². The minimum atomic E-state index is -0.427. The smallest absolute Gasteiger partial charge is 0.260 e. The van der Waals surface area contributed by atoms with E-state index in [-0.39, 0.29) is 11.7 Å². The zero-order chi connectivity index (χ0) is 18.5. The van der Waals surface area contributed by atoms with Crippen LogP contribution in [0.5, 0.6) is 5.75 Å². The van der Waals surface area contributed by atoms with E-state index in [4.69, 9.17) is 4.74 Å². The second-order valence-corrected chi connectivity index (χ2v) is 7.39. The van der Waals surface area contributed by atoms with Gasteiger partial charge in [-0.15, -0.1) is 0 Å². The highest BCUT2D eigenvalue weighted by atomic mass is 79.9. The highest BCUT2D eigenvalue weighted by Gasteiger charge is 2.27. The van der Waals surface area contributed by atoms with Crippen molar-refractivity contribution in [2.75, 3.05) is 11.9 Å². The average molecular weight is 435 g/mol. The highest BCUT2D eigenvalue weighted by molar-refractivity contribution is 9.10. The molecule has 1 aliphatic heterocycles. The Labute approximate surface area is 163 Å². The van der Waals surface area contributed by atoms with Crippen LogP contribution in [0.2, 0.25) is 0 Å². The van der Waals surface area contributed by atoms with Crippen molar-refractivity contribution in [2.24, 2.45) is 0 Å². The van der Waals surface area contributed by atoms with E-state index in [9.17, 15) is 9.18 Å². The lowest BCUT2D eigenvalue weighted by atomic mass is 10.2. The van der Waals surface area contributed by atoms with Crippen LogP contribution in [0, 0.1) is 5.82 Å². The summed E-state index contributed by atoms with van der Waals surface area (Å²) in [7, 11) is 0. The Hall–Kier alpha value is -2.25. The number of hydrogen-bond acceptors (Lipinski definition) is 4. The molecule has 1 heterocycles. The van der Waals surface area contributed by atoms with Gasteiger partial charge in [-0.1, -0.05) is 42.6 Å². The molecule has 0 spiro atoms. The number of ether oxygens (including phenoxy) is 1. The highest BCUT2D eigenvalue weighted by Crippen LogP contribution is 2.32. The lowest BCUT2D eigenvalue weighted by molar-refractivity contribution is -0.116. The molecule has 1 amide bonds. The number of para-hydroxylation sites is 1. The molecule has 134 valence electrons. The summed E-state index contributed by atoms with van der Waals surface area (Å²) in [5, 5.41) is 5.76. The zero-order valence-corrected chi connectivity index (χ0v) is 16.1. The number of anilines is 1. The van der Waals surface area contributed by atoms with E-state index < -0.39 is 5.50 Å². The maximum Gasteiger partial charge on any atom is 0.260 e. The van der Waals surface area contributed by atoms with Gasteiger partial charge in [0, 0.05) is 0 Å². The molecule has 1 saturated heterocycles. The normalized spacial score (nSPS) is 17.8. The summed E-state index contributed by atoms with van der Waals surface area (Å²) in [5.74, 6) is 0.139. The first-order chi connectivity index (χ1) is 12.6. The molecule has 2 aromatic carbocycles. The van der Waals surface area contributed by atoms with E-state index in [2.05, 4.69) is 33.1 Å². The van der Waals surface area contributed by atoms with Crippen LogP contribution in [0.4, 0.5) is 10.1 Å². The standard InChI is InChI=1S/C19H16BrFN2O2S/c1-2-9-25-16-8-7-12(10-13(16)20)11-17-18(24)23-19(26-17)22-15-6-4-3-5-14(15)21/h2-8,10-11,19,22H,1,9H2,(H,23,24)/b17-11-. The van der Waals surface area contributed by atoms with Crippen LogP contribution < -0.4 is 15.4 Å². The van der Waals surface area contributed by atoms with Crippen LogP contribution in [-0.2, 0) is 4.79 Å². The number of amides is 1. The molecular formula is C19H16BrFN2O2S. The molecule has 0 saturated carbocycles. The van der Waals surface area contributed by atoms with E-state index in [0.29, 0.717) is 22.9 Å². The number of carbonyl (C=O) groups is 1. The summed E-state index contributed by atoms with van der Waals surface area (Å²) in [5.41, 5.74) is 0.773. The molecule has 1 unspecified atom stereocenters. The molecule has 0 bridgehead atoms. The van der Waals surface area contributed by atoms with E-state index >= 15 is 0 Å². The quantitative estimate of drug-likeness (QED) is 0.508. The first-order valence-electron chi connectivity index (χ1n) is 7.80. The summed E-state index contributed by atoms with van der Waals surface area (Å²) in [6, 6.07) is 11.9. The number of hydrogen-bond donors (Lipinski definition) is 2. The molecule has 0 aliphatic carbocycles. The first kappa shape index (κ1) is 18.5. The first-order valence-corrected chi connectivity index (χ1v) is 9.47. The van der Waals surface area contributed by atoms with Gasteiger partial charge in [0.2, 0.25) is 0 Å². The lowest BCUT2D eigenvalue weighted by Crippen LogP contribution is -2.31. The van der Waals surface area contributed by atoms with Crippen molar-refractivity contribution in [3.63, 3.8) is 0 Å². The Kier molecular flexibility index (Phi) is 6.00. The van der Waals surface area contributed by atoms with Crippen LogP contribution in [0.25, 0.3) is 6.08 Å². The largest absolute Gasteiger partial charge is 0.488 e. The Balaban J connectivity index is 1.71. The molecule has 1 fully saturated rings. The summed E-state index contributed by atoms with van der Waals surface area (Å²) in [4.78, 5) is 12.7. The number of nitrogens with one attached hydrogen (secondary N) is 2. The maximum atomic E-state index is 13.7. The van der Waals surface area contributed by atoms with Crippen molar-refractivity contribution >= 4 is 45.4 Å². The molecule has 7 heteroatoms. The van der Waals surface area contributed by atoms with E-state index in [1.54, 1.807) is 30.4 Å². The van der Waals surface area contributed by atoms with Gasteiger partial charge >= 0.3 is 0 Å². The molecule has 4 nitrogen and oxygen atoms in total. The van der Waals surface area contributed by atoms with Crippen molar-refractivity contribution < 1.29 is 13.9 Å². The third kappa shape index (κ3) is 4.47. The second kappa shape index (κ2) is 8.42. The van der Waals surface area contributed by atoms with Gasteiger partial charge in [-0.2, -0.15) is 0 Å². The minimum Gasteiger partial charge on any atom is -0.488 e. The zero-order valence-electron chi connectivity index (χ0n) is 13.7. The predicted octanol–water partition coefficient (Wildman–Crippen LogP) is 4.75. The fraction of sp³-hybridized carbons (Fsp3) is 0.105. The van der Waals surface area contributed by atoms with Gasteiger partial charge in [-0.3, -0.25) is 4.79 Å². The van der Waals surface area contributed by atoms with Gasteiger partial charge in [0.25, 0.3) is 5.91 Å². The van der Waals surface area contributed by atoms with Gasteiger partial charge < -0.3 is 15.4 Å². The number of rotatable bonds is 6. The fourth-order valence-electron chi connectivity index (χ4n) is 2.31. The Morgan fingerprint density at radius 1 is 1.35 bits per heavy atom. The third-order valence-corrected chi connectivity index (χ3v) is 5.15. The molecular weight excluding hydrogens is 419 g/mol. The summed E-state index contributed by atoms with van der Waals surface area (Å²) in [6.07, 6.45) is 3.45. The Bertz CT molecular complexity index is 872. The predicted molar refractivity (Wildman–Crippen MR) is 107 cm³/mol.